The molecule has 0 bridgehead atoms. The van der Waals surface area contributed by atoms with Gasteiger partial charge in [-0.15, -0.1) is 0 Å². The summed E-state index contributed by atoms with van der Waals surface area (Å²) in [5.74, 6) is -0.174. The Morgan fingerprint density at radius 2 is 2.15 bits per heavy atom. The summed E-state index contributed by atoms with van der Waals surface area (Å²) in [6.45, 7) is 2.51. The Balaban J connectivity index is 1.94. The van der Waals surface area contributed by atoms with E-state index in [1.54, 1.807) is 24.3 Å². The third-order valence-corrected chi connectivity index (χ3v) is 3.19. The molecule has 0 fully saturated rings. The molecule has 1 N–H and O–H groups in total. The van der Waals surface area contributed by atoms with Gasteiger partial charge in [-0.3, -0.25) is 9.59 Å². The highest BCUT2D eigenvalue weighted by Gasteiger charge is 2.05. The number of aryl methyl sites for hydroxylation is 1. The second-order valence-electron chi connectivity index (χ2n) is 4.30. The second-order valence-corrected chi connectivity index (χ2v) is 5.22. The lowest BCUT2D eigenvalue weighted by Gasteiger charge is -2.07. The lowest BCUT2D eigenvalue weighted by Crippen LogP contribution is -2.32. The minimum atomic E-state index is -0.174. The average molecular weight is 336 g/mol. The molecule has 0 atom stereocenters. The zero-order valence-corrected chi connectivity index (χ0v) is 12.6. The average Bonchev–Trinajstić information content (AvgIpc) is 2.42. The summed E-state index contributed by atoms with van der Waals surface area (Å²) >= 11 is 3.32. The molecule has 2 rings (SSSR count). The van der Waals surface area contributed by atoms with Gasteiger partial charge in [-0.1, -0.05) is 22.0 Å². The van der Waals surface area contributed by atoms with Crippen molar-refractivity contribution < 1.29 is 4.79 Å². The second kappa shape index (κ2) is 6.47. The summed E-state index contributed by atoms with van der Waals surface area (Å²) in [7, 11) is 0. The van der Waals surface area contributed by atoms with Gasteiger partial charge in [0.2, 0.25) is 0 Å². The van der Waals surface area contributed by atoms with Crippen LogP contribution in [0.25, 0.3) is 0 Å². The van der Waals surface area contributed by atoms with Gasteiger partial charge in [-0.05, 0) is 31.2 Å². The molecule has 1 aromatic carbocycles. The van der Waals surface area contributed by atoms with Crippen molar-refractivity contribution in [2.75, 3.05) is 6.54 Å². The van der Waals surface area contributed by atoms with E-state index in [0.717, 1.165) is 10.2 Å². The van der Waals surface area contributed by atoms with Crippen molar-refractivity contribution in [1.82, 2.24) is 15.1 Å². The van der Waals surface area contributed by atoms with Gasteiger partial charge in [0.05, 0.1) is 12.2 Å². The maximum absolute atomic E-state index is 11.9. The van der Waals surface area contributed by atoms with Gasteiger partial charge < -0.3 is 5.32 Å². The van der Waals surface area contributed by atoms with E-state index in [1.807, 2.05) is 13.0 Å². The Bertz CT molecular complexity index is 682. The van der Waals surface area contributed by atoms with Crippen LogP contribution in [0.1, 0.15) is 16.1 Å². The fraction of sp³-hybridized carbons (Fsp3) is 0.214. The number of aromatic nitrogens is 2. The summed E-state index contributed by atoms with van der Waals surface area (Å²) in [4.78, 5) is 23.4. The van der Waals surface area contributed by atoms with E-state index in [4.69, 9.17) is 0 Å². The van der Waals surface area contributed by atoms with E-state index in [0.29, 0.717) is 18.7 Å². The molecule has 1 aromatic heterocycles. The minimum absolute atomic E-state index is 0.174. The first-order valence-electron chi connectivity index (χ1n) is 6.15. The molecule has 6 heteroatoms. The van der Waals surface area contributed by atoms with E-state index in [2.05, 4.69) is 26.3 Å². The fourth-order valence-electron chi connectivity index (χ4n) is 1.72. The smallest absolute Gasteiger partial charge is 0.266 e. The number of hydrogen-bond acceptors (Lipinski definition) is 3. The zero-order chi connectivity index (χ0) is 14.5. The number of carbonyl (C=O) groups is 1. The molecule has 104 valence electrons. The SMILES string of the molecule is Cc1ccc(=O)n(CCNC(=O)c2cccc(Br)c2)n1. The molecule has 0 spiro atoms. The highest BCUT2D eigenvalue weighted by molar-refractivity contribution is 9.10. The summed E-state index contributed by atoms with van der Waals surface area (Å²) in [5, 5.41) is 6.86. The van der Waals surface area contributed by atoms with Crippen LogP contribution >= 0.6 is 15.9 Å². The number of amides is 1. The van der Waals surface area contributed by atoms with Crippen LogP contribution in [0, 0.1) is 6.92 Å². The highest BCUT2D eigenvalue weighted by atomic mass is 79.9. The van der Waals surface area contributed by atoms with Crippen LogP contribution in [-0.2, 0) is 6.54 Å². The van der Waals surface area contributed by atoms with Gasteiger partial charge in [0.15, 0.2) is 0 Å². The third-order valence-electron chi connectivity index (χ3n) is 2.70. The number of benzene rings is 1. The van der Waals surface area contributed by atoms with E-state index in [1.165, 1.54) is 10.7 Å². The van der Waals surface area contributed by atoms with E-state index >= 15 is 0 Å². The van der Waals surface area contributed by atoms with Crippen LogP contribution in [-0.4, -0.2) is 22.2 Å². The number of nitrogens with zero attached hydrogens (tertiary/aromatic N) is 2. The van der Waals surface area contributed by atoms with Crippen molar-refractivity contribution in [2.45, 2.75) is 13.5 Å². The third kappa shape index (κ3) is 3.77. The molecule has 0 aliphatic carbocycles. The largest absolute Gasteiger partial charge is 0.350 e. The molecule has 1 amide bonds. The normalized spacial score (nSPS) is 10.3. The summed E-state index contributed by atoms with van der Waals surface area (Å²) in [5.41, 5.74) is 1.17. The predicted molar refractivity (Wildman–Crippen MR) is 79.7 cm³/mol. The van der Waals surface area contributed by atoms with Crippen molar-refractivity contribution in [3.63, 3.8) is 0 Å². The van der Waals surface area contributed by atoms with Gasteiger partial charge in [-0.2, -0.15) is 5.10 Å². The molecule has 0 saturated carbocycles. The Hall–Kier alpha value is -1.95. The molecule has 0 saturated heterocycles. The van der Waals surface area contributed by atoms with Gasteiger partial charge >= 0.3 is 0 Å². The number of halogens is 1. The topological polar surface area (TPSA) is 64.0 Å². The van der Waals surface area contributed by atoms with Crippen molar-refractivity contribution in [2.24, 2.45) is 0 Å². The first-order valence-corrected chi connectivity index (χ1v) is 6.94. The molecule has 2 aromatic rings. The first kappa shape index (κ1) is 14.5. The minimum Gasteiger partial charge on any atom is -0.350 e. The molecule has 1 heterocycles. The Morgan fingerprint density at radius 1 is 1.35 bits per heavy atom. The molecular weight excluding hydrogens is 322 g/mol. The summed E-state index contributed by atoms with van der Waals surface area (Å²) < 4.78 is 2.19. The predicted octanol–water partition coefficient (Wildman–Crippen LogP) is 1.74. The molecule has 0 unspecified atom stereocenters. The van der Waals surface area contributed by atoms with Crippen LogP contribution < -0.4 is 10.9 Å². The van der Waals surface area contributed by atoms with Crippen molar-refractivity contribution >= 4 is 21.8 Å². The molecule has 0 aliphatic rings. The standard InChI is InChI=1S/C14H14BrN3O2/c1-10-5-6-13(19)18(17-10)8-7-16-14(20)11-3-2-4-12(15)9-11/h2-6,9H,7-8H2,1H3,(H,16,20). The number of rotatable bonds is 4. The number of nitrogens with one attached hydrogen (secondary N) is 1. The van der Waals surface area contributed by atoms with Crippen LogP contribution in [0.15, 0.2) is 45.7 Å². The van der Waals surface area contributed by atoms with Gasteiger partial charge in [0, 0.05) is 22.6 Å². The lowest BCUT2D eigenvalue weighted by atomic mass is 10.2. The molecule has 0 radical (unpaired) electrons. The van der Waals surface area contributed by atoms with Gasteiger partial charge in [0.25, 0.3) is 11.5 Å². The van der Waals surface area contributed by atoms with Crippen molar-refractivity contribution in [3.05, 3.63) is 62.5 Å². The monoisotopic (exact) mass is 335 g/mol. The van der Waals surface area contributed by atoms with Crippen molar-refractivity contribution in [3.8, 4) is 0 Å². The molecular formula is C14H14BrN3O2. The van der Waals surface area contributed by atoms with Crippen LogP contribution in [0.3, 0.4) is 0 Å². The van der Waals surface area contributed by atoms with Crippen molar-refractivity contribution in [1.29, 1.82) is 0 Å². The van der Waals surface area contributed by atoms with Crippen LogP contribution in [0.4, 0.5) is 0 Å². The first-order chi connectivity index (χ1) is 9.56. The summed E-state index contributed by atoms with van der Waals surface area (Å²) in [6, 6.07) is 10.3. The molecule has 0 aliphatic heterocycles. The van der Waals surface area contributed by atoms with E-state index < -0.39 is 0 Å². The molecule has 20 heavy (non-hydrogen) atoms. The molecule has 5 nitrogen and oxygen atoms in total. The lowest BCUT2D eigenvalue weighted by molar-refractivity contribution is 0.0951. The highest BCUT2D eigenvalue weighted by Crippen LogP contribution is 2.11. The summed E-state index contributed by atoms with van der Waals surface area (Å²) in [6.07, 6.45) is 0. The van der Waals surface area contributed by atoms with Gasteiger partial charge in [-0.25, -0.2) is 4.68 Å². The van der Waals surface area contributed by atoms with Gasteiger partial charge in [0.1, 0.15) is 0 Å². The maximum Gasteiger partial charge on any atom is 0.266 e. The quantitative estimate of drug-likeness (QED) is 0.925. The van der Waals surface area contributed by atoms with Crippen LogP contribution in [0.5, 0.6) is 0 Å². The van der Waals surface area contributed by atoms with E-state index in [9.17, 15) is 9.59 Å². The van der Waals surface area contributed by atoms with E-state index in [-0.39, 0.29) is 11.5 Å². The maximum atomic E-state index is 11.9. The zero-order valence-electron chi connectivity index (χ0n) is 11.0. The number of carbonyl (C=O) groups excluding carboxylic acids is 1. The van der Waals surface area contributed by atoms with Crippen LogP contribution in [0.2, 0.25) is 0 Å². The fourth-order valence-corrected chi connectivity index (χ4v) is 2.12. The Kier molecular flexibility index (Phi) is 4.68. The Labute approximate surface area is 124 Å². The Morgan fingerprint density at radius 3 is 2.90 bits per heavy atom. The number of hydrogen-bond donors (Lipinski definition) is 1.